The van der Waals surface area contributed by atoms with E-state index in [4.69, 9.17) is 10.5 Å². The van der Waals surface area contributed by atoms with Gasteiger partial charge in [0.1, 0.15) is 5.75 Å². The molecule has 0 radical (unpaired) electrons. The molecule has 2 rings (SSSR count). The van der Waals surface area contributed by atoms with Gasteiger partial charge in [-0.05, 0) is 6.07 Å². The Kier molecular flexibility index (Phi) is 3.22. The molecule has 0 fully saturated rings. The fraction of sp³-hybridized carbons (Fsp3) is 0.273. The van der Waals surface area contributed by atoms with E-state index in [-0.39, 0.29) is 5.95 Å². The van der Waals surface area contributed by atoms with Crippen LogP contribution in [0.15, 0.2) is 18.5 Å². The summed E-state index contributed by atoms with van der Waals surface area (Å²) < 4.78 is 5.11. The minimum atomic E-state index is 0.173. The van der Waals surface area contributed by atoms with Crippen molar-refractivity contribution in [2.24, 2.45) is 0 Å². The molecule has 0 saturated carbocycles. The summed E-state index contributed by atoms with van der Waals surface area (Å²) >= 11 is 0. The van der Waals surface area contributed by atoms with Gasteiger partial charge in [-0.3, -0.25) is 4.98 Å². The van der Waals surface area contributed by atoms with Crippen LogP contribution in [0.5, 0.6) is 5.75 Å². The smallest absolute Gasteiger partial charge is 0.230 e. The van der Waals surface area contributed by atoms with Crippen LogP contribution in [0.2, 0.25) is 0 Å². The fourth-order valence-electron chi connectivity index (χ4n) is 1.36. The maximum absolute atomic E-state index is 5.66. The van der Waals surface area contributed by atoms with Crippen LogP contribution in [0.4, 0.5) is 11.9 Å². The van der Waals surface area contributed by atoms with Gasteiger partial charge in [-0.1, -0.05) is 0 Å². The lowest BCUT2D eigenvalue weighted by molar-refractivity contribution is 0.413. The molecule has 0 bridgehead atoms. The van der Waals surface area contributed by atoms with E-state index in [0.717, 1.165) is 5.56 Å². The van der Waals surface area contributed by atoms with E-state index >= 15 is 0 Å². The first-order valence-corrected chi connectivity index (χ1v) is 5.28. The van der Waals surface area contributed by atoms with E-state index in [2.05, 4.69) is 19.9 Å². The Bertz CT molecular complexity index is 557. The number of nitrogens with zero attached hydrogens (tertiary/aromatic N) is 5. The summed E-state index contributed by atoms with van der Waals surface area (Å²) in [5, 5.41) is 0. The van der Waals surface area contributed by atoms with Gasteiger partial charge in [0.15, 0.2) is 5.82 Å². The maximum atomic E-state index is 5.66. The van der Waals surface area contributed by atoms with Crippen LogP contribution < -0.4 is 15.4 Å². The second-order valence-corrected chi connectivity index (χ2v) is 3.83. The Morgan fingerprint density at radius 3 is 2.61 bits per heavy atom. The van der Waals surface area contributed by atoms with Crippen LogP contribution in [-0.4, -0.2) is 41.1 Å². The standard InChI is InChI=1S/C11H14N6O/c1-17(2)11-15-9(14-10(12)16-11)7-4-8(18-3)6-13-5-7/h4-6H,1-3H3,(H2,12,14,15,16). The summed E-state index contributed by atoms with van der Waals surface area (Å²) in [6, 6.07) is 1.79. The summed E-state index contributed by atoms with van der Waals surface area (Å²) in [6.07, 6.45) is 3.26. The van der Waals surface area contributed by atoms with Crippen molar-refractivity contribution in [2.45, 2.75) is 0 Å². The Hall–Kier alpha value is -2.44. The topological polar surface area (TPSA) is 90.0 Å². The molecule has 7 heteroatoms. The van der Waals surface area contributed by atoms with Gasteiger partial charge < -0.3 is 15.4 Å². The summed E-state index contributed by atoms with van der Waals surface area (Å²) in [4.78, 5) is 18.2. The molecule has 0 saturated heterocycles. The molecule has 0 aliphatic rings. The zero-order chi connectivity index (χ0) is 13.1. The predicted octanol–water partition coefficient (Wildman–Crippen LogP) is 0.590. The molecule has 94 valence electrons. The van der Waals surface area contributed by atoms with E-state index in [0.29, 0.717) is 17.5 Å². The molecule has 18 heavy (non-hydrogen) atoms. The first-order valence-electron chi connectivity index (χ1n) is 5.28. The molecule has 0 aliphatic heterocycles. The minimum Gasteiger partial charge on any atom is -0.495 e. The lowest BCUT2D eigenvalue weighted by Crippen LogP contribution is -2.15. The van der Waals surface area contributed by atoms with Gasteiger partial charge in [0.05, 0.1) is 13.3 Å². The van der Waals surface area contributed by atoms with Gasteiger partial charge in [0.25, 0.3) is 0 Å². The van der Waals surface area contributed by atoms with E-state index in [1.54, 1.807) is 30.5 Å². The van der Waals surface area contributed by atoms with Gasteiger partial charge >= 0.3 is 0 Å². The second kappa shape index (κ2) is 4.82. The Morgan fingerprint density at radius 1 is 1.17 bits per heavy atom. The maximum Gasteiger partial charge on any atom is 0.230 e. The first kappa shape index (κ1) is 12.0. The highest BCUT2D eigenvalue weighted by atomic mass is 16.5. The van der Waals surface area contributed by atoms with Gasteiger partial charge in [-0.15, -0.1) is 0 Å². The number of hydrogen-bond acceptors (Lipinski definition) is 7. The lowest BCUT2D eigenvalue weighted by Gasteiger charge is -2.11. The number of ether oxygens (including phenoxy) is 1. The number of nitrogens with two attached hydrogens (primary N) is 1. The summed E-state index contributed by atoms with van der Waals surface area (Å²) in [6.45, 7) is 0. The molecule has 0 spiro atoms. The lowest BCUT2D eigenvalue weighted by atomic mass is 10.2. The average molecular weight is 246 g/mol. The highest BCUT2D eigenvalue weighted by Gasteiger charge is 2.09. The summed E-state index contributed by atoms with van der Waals surface area (Å²) in [7, 11) is 5.25. The van der Waals surface area contributed by atoms with E-state index in [1.165, 1.54) is 0 Å². The molecule has 2 aromatic rings. The number of pyridine rings is 1. The SMILES string of the molecule is COc1cncc(-c2nc(N)nc(N(C)C)n2)c1. The second-order valence-electron chi connectivity index (χ2n) is 3.83. The molecular formula is C11H14N6O. The van der Waals surface area contributed by atoms with Gasteiger partial charge in [-0.25, -0.2) is 0 Å². The zero-order valence-corrected chi connectivity index (χ0v) is 10.5. The summed E-state index contributed by atoms with van der Waals surface area (Å²) in [5.41, 5.74) is 6.39. The molecule has 2 aromatic heterocycles. The van der Waals surface area contributed by atoms with Gasteiger partial charge in [0.2, 0.25) is 11.9 Å². The van der Waals surface area contributed by atoms with Gasteiger partial charge in [0, 0.05) is 25.9 Å². The Labute approximate surface area is 105 Å². The van der Waals surface area contributed by atoms with E-state index < -0.39 is 0 Å². The monoisotopic (exact) mass is 246 g/mol. The van der Waals surface area contributed by atoms with Crippen LogP contribution in [0, 0.1) is 0 Å². The molecule has 0 amide bonds. The van der Waals surface area contributed by atoms with Crippen molar-refractivity contribution in [3.05, 3.63) is 18.5 Å². The number of methoxy groups -OCH3 is 1. The number of nitrogen functional groups attached to an aromatic ring is 1. The molecule has 2 N–H and O–H groups in total. The average Bonchev–Trinajstić information content (AvgIpc) is 2.38. The largest absolute Gasteiger partial charge is 0.495 e. The van der Waals surface area contributed by atoms with Crippen molar-refractivity contribution in [3.63, 3.8) is 0 Å². The van der Waals surface area contributed by atoms with E-state index in [9.17, 15) is 0 Å². The number of anilines is 2. The number of aromatic nitrogens is 4. The van der Waals surface area contributed by atoms with Crippen molar-refractivity contribution in [3.8, 4) is 17.1 Å². The molecule has 7 nitrogen and oxygen atoms in total. The van der Waals surface area contributed by atoms with Crippen LogP contribution in [0.25, 0.3) is 11.4 Å². The van der Waals surface area contributed by atoms with Crippen LogP contribution in [0.3, 0.4) is 0 Å². The molecule has 0 atom stereocenters. The highest BCUT2D eigenvalue weighted by molar-refractivity contribution is 5.58. The van der Waals surface area contributed by atoms with E-state index in [1.807, 2.05) is 14.1 Å². The highest BCUT2D eigenvalue weighted by Crippen LogP contribution is 2.20. The molecule has 2 heterocycles. The van der Waals surface area contributed by atoms with Crippen molar-refractivity contribution in [2.75, 3.05) is 31.8 Å². The van der Waals surface area contributed by atoms with Crippen molar-refractivity contribution in [1.82, 2.24) is 19.9 Å². The Morgan fingerprint density at radius 2 is 1.94 bits per heavy atom. The quantitative estimate of drug-likeness (QED) is 0.847. The third-order valence-electron chi connectivity index (χ3n) is 2.25. The molecule has 0 aromatic carbocycles. The van der Waals surface area contributed by atoms with Crippen LogP contribution in [-0.2, 0) is 0 Å². The number of rotatable bonds is 3. The summed E-state index contributed by atoms with van der Waals surface area (Å²) in [5.74, 6) is 1.78. The van der Waals surface area contributed by atoms with Crippen molar-refractivity contribution < 1.29 is 4.74 Å². The third kappa shape index (κ3) is 2.45. The third-order valence-corrected chi connectivity index (χ3v) is 2.25. The fourth-order valence-corrected chi connectivity index (χ4v) is 1.36. The van der Waals surface area contributed by atoms with Crippen molar-refractivity contribution in [1.29, 1.82) is 0 Å². The van der Waals surface area contributed by atoms with Crippen LogP contribution in [0.1, 0.15) is 0 Å². The Balaban J connectivity index is 2.49. The van der Waals surface area contributed by atoms with Gasteiger partial charge in [-0.2, -0.15) is 15.0 Å². The molecular weight excluding hydrogens is 232 g/mol. The molecule has 0 aliphatic carbocycles. The normalized spacial score (nSPS) is 10.2. The van der Waals surface area contributed by atoms with Crippen LogP contribution >= 0.6 is 0 Å². The first-order chi connectivity index (χ1) is 8.60. The van der Waals surface area contributed by atoms with Crippen molar-refractivity contribution >= 4 is 11.9 Å². The predicted molar refractivity (Wildman–Crippen MR) is 68.3 cm³/mol. The molecule has 0 unspecified atom stereocenters. The number of hydrogen-bond donors (Lipinski definition) is 1. The minimum absolute atomic E-state index is 0.173. The zero-order valence-electron chi connectivity index (χ0n) is 10.5.